The predicted molar refractivity (Wildman–Crippen MR) is 61.4 cm³/mol. The summed E-state index contributed by atoms with van der Waals surface area (Å²) in [5.41, 5.74) is 1.24. The number of fused-ring (bicyclic) bond motifs is 3. The van der Waals surface area contributed by atoms with Crippen LogP contribution in [0.4, 0.5) is 0 Å². The second kappa shape index (κ2) is 3.66. The lowest BCUT2D eigenvalue weighted by Gasteiger charge is -2.16. The van der Waals surface area contributed by atoms with Gasteiger partial charge in [0.05, 0.1) is 6.04 Å². The van der Waals surface area contributed by atoms with Gasteiger partial charge in [-0.2, -0.15) is 0 Å². The molecule has 2 aliphatic rings. The molecule has 0 radical (unpaired) electrons. The number of benzene rings is 1. The second-order valence-corrected chi connectivity index (χ2v) is 4.56. The van der Waals surface area contributed by atoms with Crippen LogP contribution in [-0.4, -0.2) is 34.2 Å². The van der Waals surface area contributed by atoms with E-state index in [2.05, 4.69) is 0 Å². The van der Waals surface area contributed by atoms with E-state index in [4.69, 9.17) is 5.11 Å². The molecule has 0 bridgehead atoms. The Balaban J connectivity index is 2.18. The summed E-state index contributed by atoms with van der Waals surface area (Å²) < 4.78 is 0. The zero-order chi connectivity index (χ0) is 12.9. The van der Waals surface area contributed by atoms with E-state index >= 15 is 0 Å². The van der Waals surface area contributed by atoms with Gasteiger partial charge in [-0.15, -0.1) is 0 Å². The quantitative estimate of drug-likeness (QED) is 0.628. The fourth-order valence-electron chi connectivity index (χ4n) is 2.89. The van der Waals surface area contributed by atoms with E-state index in [0.29, 0.717) is 17.7 Å². The predicted octanol–water partition coefficient (Wildman–Crippen LogP) is 1.24. The van der Waals surface area contributed by atoms with E-state index in [-0.39, 0.29) is 17.5 Å². The van der Waals surface area contributed by atoms with E-state index in [1.54, 1.807) is 17.0 Å². The highest BCUT2D eigenvalue weighted by atomic mass is 16.4. The average Bonchev–Trinajstić information content (AvgIpc) is 2.92. The first-order chi connectivity index (χ1) is 8.61. The largest absolute Gasteiger partial charge is 0.475 e. The first kappa shape index (κ1) is 11.0. The first-order valence-electron chi connectivity index (χ1n) is 5.82. The molecule has 1 aromatic carbocycles. The summed E-state index contributed by atoms with van der Waals surface area (Å²) >= 11 is 0. The number of carboxylic acids is 1. The van der Waals surface area contributed by atoms with Gasteiger partial charge in [0, 0.05) is 17.7 Å². The second-order valence-electron chi connectivity index (χ2n) is 4.56. The summed E-state index contributed by atoms with van der Waals surface area (Å²) in [6.45, 7) is 0.679. The molecule has 1 amide bonds. The van der Waals surface area contributed by atoms with Crippen LogP contribution >= 0.6 is 0 Å². The Morgan fingerprint density at radius 1 is 1.33 bits per heavy atom. The van der Waals surface area contributed by atoms with Gasteiger partial charge in [-0.3, -0.25) is 9.59 Å². The van der Waals surface area contributed by atoms with Crippen LogP contribution in [0.25, 0.3) is 0 Å². The number of hydrogen-bond acceptors (Lipinski definition) is 3. The molecule has 92 valence electrons. The van der Waals surface area contributed by atoms with Gasteiger partial charge < -0.3 is 10.0 Å². The van der Waals surface area contributed by atoms with Crippen LogP contribution in [0.3, 0.4) is 0 Å². The van der Waals surface area contributed by atoms with Crippen molar-refractivity contribution in [1.82, 2.24) is 4.90 Å². The fraction of sp³-hybridized carbons (Fsp3) is 0.308. The molecule has 1 atom stereocenters. The Morgan fingerprint density at radius 3 is 2.83 bits per heavy atom. The minimum absolute atomic E-state index is 0.0902. The Bertz CT molecular complexity index is 578. The Kier molecular flexibility index (Phi) is 2.23. The van der Waals surface area contributed by atoms with E-state index in [9.17, 15) is 14.4 Å². The molecular formula is C13H11NO4. The monoisotopic (exact) mass is 245 g/mol. The number of carbonyl (C=O) groups is 3. The van der Waals surface area contributed by atoms with Crippen LogP contribution in [0.2, 0.25) is 0 Å². The number of aliphatic carboxylic acids is 1. The number of ketones is 1. The summed E-state index contributed by atoms with van der Waals surface area (Å²) in [5.74, 6) is -2.51. The molecule has 2 aliphatic heterocycles. The van der Waals surface area contributed by atoms with Gasteiger partial charge in [0.15, 0.2) is 0 Å². The topological polar surface area (TPSA) is 74.7 Å². The third-order valence-electron chi connectivity index (χ3n) is 3.62. The van der Waals surface area contributed by atoms with Gasteiger partial charge in [-0.25, -0.2) is 4.79 Å². The van der Waals surface area contributed by atoms with Gasteiger partial charge >= 0.3 is 5.97 Å². The van der Waals surface area contributed by atoms with Crippen LogP contribution in [0.1, 0.15) is 45.2 Å². The number of carboxylic acid groups (broad SMARTS) is 1. The Morgan fingerprint density at radius 2 is 2.11 bits per heavy atom. The Labute approximate surface area is 103 Å². The maximum absolute atomic E-state index is 12.1. The number of amides is 1. The molecule has 0 spiro atoms. The van der Waals surface area contributed by atoms with Gasteiger partial charge in [-0.05, 0) is 24.5 Å². The minimum atomic E-state index is -1.48. The highest BCUT2D eigenvalue weighted by Crippen LogP contribution is 2.42. The van der Waals surface area contributed by atoms with E-state index in [0.717, 1.165) is 12.8 Å². The number of hydrogen-bond donors (Lipinski definition) is 1. The van der Waals surface area contributed by atoms with Gasteiger partial charge in [0.25, 0.3) is 11.7 Å². The van der Waals surface area contributed by atoms with Gasteiger partial charge in [0.1, 0.15) is 0 Å². The van der Waals surface area contributed by atoms with Crippen molar-refractivity contribution in [2.75, 3.05) is 6.54 Å². The van der Waals surface area contributed by atoms with Gasteiger partial charge in [-0.1, -0.05) is 12.1 Å². The summed E-state index contributed by atoms with van der Waals surface area (Å²) in [7, 11) is 0. The molecule has 0 saturated carbocycles. The molecule has 3 rings (SSSR count). The molecular weight excluding hydrogens is 234 g/mol. The molecule has 1 saturated heterocycles. The number of rotatable bonds is 2. The number of Topliss-reactive ketones (excluding diaryl/α,β-unsaturated/α-hetero) is 1. The van der Waals surface area contributed by atoms with Crippen molar-refractivity contribution in [2.45, 2.75) is 18.9 Å². The SMILES string of the molecule is O=C(O)C(=O)c1cccc2c1C1CCCN1C2=O. The normalized spacial score (nSPS) is 20.8. The fourth-order valence-corrected chi connectivity index (χ4v) is 2.89. The van der Waals surface area contributed by atoms with E-state index < -0.39 is 11.8 Å². The summed E-state index contributed by atoms with van der Waals surface area (Å²) in [4.78, 5) is 36.3. The summed E-state index contributed by atoms with van der Waals surface area (Å²) in [6.07, 6.45) is 1.69. The van der Waals surface area contributed by atoms with E-state index in [1.807, 2.05) is 0 Å². The van der Waals surface area contributed by atoms with Crippen molar-refractivity contribution in [1.29, 1.82) is 0 Å². The average molecular weight is 245 g/mol. The molecule has 0 aromatic heterocycles. The standard InChI is InChI=1S/C13H11NO4/c15-11(13(17)18)7-3-1-4-8-10(7)9-5-2-6-14(9)12(8)16/h1,3-4,9H,2,5-6H2,(H,17,18). The molecule has 1 fully saturated rings. The molecule has 1 N–H and O–H groups in total. The first-order valence-corrected chi connectivity index (χ1v) is 5.82. The maximum atomic E-state index is 12.1. The number of nitrogens with zero attached hydrogens (tertiary/aromatic N) is 1. The molecule has 1 aromatic rings. The van der Waals surface area contributed by atoms with E-state index in [1.165, 1.54) is 6.07 Å². The lowest BCUT2D eigenvalue weighted by Crippen LogP contribution is -2.22. The van der Waals surface area contributed by atoms with Crippen LogP contribution in [0.15, 0.2) is 18.2 Å². The minimum Gasteiger partial charge on any atom is -0.475 e. The van der Waals surface area contributed by atoms with Crippen LogP contribution in [0.5, 0.6) is 0 Å². The molecule has 2 heterocycles. The van der Waals surface area contributed by atoms with Crippen LogP contribution < -0.4 is 0 Å². The zero-order valence-corrected chi connectivity index (χ0v) is 9.55. The van der Waals surface area contributed by atoms with Crippen molar-refractivity contribution in [3.05, 3.63) is 34.9 Å². The smallest absolute Gasteiger partial charge is 0.377 e. The molecule has 18 heavy (non-hydrogen) atoms. The summed E-state index contributed by atoms with van der Waals surface area (Å²) in [6, 6.07) is 4.60. The van der Waals surface area contributed by atoms with Crippen molar-refractivity contribution >= 4 is 17.7 Å². The zero-order valence-electron chi connectivity index (χ0n) is 9.55. The number of carbonyl (C=O) groups excluding carboxylic acids is 2. The molecule has 5 heteroatoms. The van der Waals surface area contributed by atoms with Crippen molar-refractivity contribution in [2.24, 2.45) is 0 Å². The summed E-state index contributed by atoms with van der Waals surface area (Å²) in [5, 5.41) is 8.83. The third-order valence-corrected chi connectivity index (χ3v) is 3.62. The molecule has 1 unspecified atom stereocenters. The van der Waals surface area contributed by atoms with Crippen LogP contribution in [0, 0.1) is 0 Å². The van der Waals surface area contributed by atoms with Crippen molar-refractivity contribution in [3.63, 3.8) is 0 Å². The highest BCUT2D eigenvalue weighted by molar-refractivity contribution is 6.40. The molecule has 5 nitrogen and oxygen atoms in total. The highest BCUT2D eigenvalue weighted by Gasteiger charge is 2.42. The van der Waals surface area contributed by atoms with Gasteiger partial charge in [0.2, 0.25) is 0 Å². The molecule has 0 aliphatic carbocycles. The lowest BCUT2D eigenvalue weighted by atomic mass is 9.94. The van der Waals surface area contributed by atoms with Crippen molar-refractivity contribution in [3.8, 4) is 0 Å². The van der Waals surface area contributed by atoms with Crippen molar-refractivity contribution < 1.29 is 19.5 Å². The Hall–Kier alpha value is -2.17. The third kappa shape index (κ3) is 1.30. The van der Waals surface area contributed by atoms with Crippen LogP contribution in [-0.2, 0) is 4.79 Å². The lowest BCUT2D eigenvalue weighted by molar-refractivity contribution is -0.131. The maximum Gasteiger partial charge on any atom is 0.377 e.